The molecule has 0 radical (unpaired) electrons. The largest absolute Gasteiger partial charge is 0.488 e. The number of fused-ring (bicyclic) bond motifs is 3. The fraction of sp³-hybridized carbons (Fsp3) is 0.158. The Morgan fingerprint density at radius 2 is 1.50 bits per heavy atom. The summed E-state index contributed by atoms with van der Waals surface area (Å²) in [6, 6.07) is 12.4. The molecule has 0 saturated heterocycles. The molecule has 2 aromatic carbocycles. The second kappa shape index (κ2) is 5.16. The van der Waals surface area contributed by atoms with Crippen LogP contribution >= 0.6 is 0 Å². The van der Waals surface area contributed by atoms with Crippen LogP contribution in [0.15, 0.2) is 36.4 Å². The molecule has 1 nitrogen and oxygen atoms in total. The molecule has 1 heteroatoms. The molecule has 0 bridgehead atoms. The molecule has 0 aromatic heterocycles. The number of benzene rings is 2. The third-order valence-corrected chi connectivity index (χ3v) is 3.30. The van der Waals surface area contributed by atoms with E-state index in [1.165, 1.54) is 11.1 Å². The van der Waals surface area contributed by atoms with Crippen LogP contribution in [0, 0.1) is 23.7 Å². The van der Waals surface area contributed by atoms with Crippen molar-refractivity contribution in [1.82, 2.24) is 0 Å². The van der Waals surface area contributed by atoms with Crippen molar-refractivity contribution in [3.05, 3.63) is 53.1 Å². The second-order valence-electron chi connectivity index (χ2n) is 4.62. The Kier molecular flexibility index (Phi) is 3.20. The van der Waals surface area contributed by atoms with Crippen molar-refractivity contribution < 1.29 is 4.74 Å². The SMILES string of the molecule is CC#Cc1ccc2c(c1)COc1cc(C#CC)ccc1-2. The number of ether oxygens (including phenoxy) is 1. The molecule has 0 N–H and O–H groups in total. The molecule has 0 spiro atoms. The summed E-state index contributed by atoms with van der Waals surface area (Å²) in [7, 11) is 0. The molecule has 0 amide bonds. The maximum atomic E-state index is 5.85. The van der Waals surface area contributed by atoms with Crippen LogP contribution in [-0.2, 0) is 6.61 Å². The zero-order valence-corrected chi connectivity index (χ0v) is 11.6. The molecule has 0 saturated carbocycles. The Labute approximate surface area is 119 Å². The molecule has 0 aliphatic carbocycles. The van der Waals surface area contributed by atoms with Crippen LogP contribution in [-0.4, -0.2) is 0 Å². The van der Waals surface area contributed by atoms with Crippen LogP contribution in [0.4, 0.5) is 0 Å². The molecule has 0 atom stereocenters. The third kappa shape index (κ3) is 2.15. The Bertz CT molecular complexity index is 722. The first-order valence-corrected chi connectivity index (χ1v) is 6.57. The second-order valence-corrected chi connectivity index (χ2v) is 4.62. The molecular formula is C19H14O. The average molecular weight is 258 g/mol. The van der Waals surface area contributed by atoms with E-state index >= 15 is 0 Å². The Morgan fingerprint density at radius 1 is 0.850 bits per heavy atom. The van der Waals surface area contributed by atoms with Gasteiger partial charge < -0.3 is 4.74 Å². The summed E-state index contributed by atoms with van der Waals surface area (Å²) in [4.78, 5) is 0. The van der Waals surface area contributed by atoms with E-state index in [1.807, 2.05) is 26.0 Å². The summed E-state index contributed by atoms with van der Waals surface area (Å²) in [6.07, 6.45) is 0. The van der Waals surface area contributed by atoms with Gasteiger partial charge in [-0.05, 0) is 55.3 Å². The lowest BCUT2D eigenvalue weighted by atomic mass is 9.94. The molecule has 1 aliphatic heterocycles. The highest BCUT2D eigenvalue weighted by Gasteiger charge is 2.17. The van der Waals surface area contributed by atoms with Gasteiger partial charge in [0, 0.05) is 16.7 Å². The summed E-state index contributed by atoms with van der Waals surface area (Å²) in [5.41, 5.74) is 5.56. The zero-order chi connectivity index (χ0) is 13.9. The van der Waals surface area contributed by atoms with Crippen LogP contribution in [0.5, 0.6) is 5.75 Å². The van der Waals surface area contributed by atoms with Crippen LogP contribution in [0.1, 0.15) is 30.5 Å². The maximum Gasteiger partial charge on any atom is 0.128 e. The van der Waals surface area contributed by atoms with E-state index in [-0.39, 0.29) is 0 Å². The lowest BCUT2D eigenvalue weighted by Crippen LogP contribution is -2.06. The van der Waals surface area contributed by atoms with Crippen LogP contribution in [0.3, 0.4) is 0 Å². The fourth-order valence-corrected chi connectivity index (χ4v) is 2.44. The molecule has 0 fully saturated rings. The zero-order valence-electron chi connectivity index (χ0n) is 11.6. The van der Waals surface area contributed by atoms with Gasteiger partial charge in [0.1, 0.15) is 12.4 Å². The highest BCUT2D eigenvalue weighted by atomic mass is 16.5. The van der Waals surface area contributed by atoms with E-state index in [0.717, 1.165) is 22.4 Å². The van der Waals surface area contributed by atoms with Gasteiger partial charge in [-0.2, -0.15) is 0 Å². The van der Waals surface area contributed by atoms with E-state index in [2.05, 4.69) is 47.9 Å². The standard InChI is InChI=1S/C19H14O/c1-3-5-14-7-9-17-16(11-14)13-20-19-12-15(6-4-2)8-10-18(17)19/h7-12H,13H2,1-2H3. The molecular weight excluding hydrogens is 244 g/mol. The normalized spacial score (nSPS) is 10.9. The number of hydrogen-bond donors (Lipinski definition) is 0. The van der Waals surface area contributed by atoms with E-state index in [4.69, 9.17) is 4.74 Å². The van der Waals surface area contributed by atoms with E-state index in [9.17, 15) is 0 Å². The quantitative estimate of drug-likeness (QED) is 0.649. The Balaban J connectivity index is 2.10. The maximum absolute atomic E-state index is 5.85. The average Bonchev–Trinajstić information content (AvgIpc) is 2.47. The van der Waals surface area contributed by atoms with Crippen molar-refractivity contribution in [1.29, 1.82) is 0 Å². The molecule has 1 aliphatic rings. The van der Waals surface area contributed by atoms with Crippen molar-refractivity contribution >= 4 is 0 Å². The highest BCUT2D eigenvalue weighted by molar-refractivity contribution is 5.76. The van der Waals surface area contributed by atoms with Gasteiger partial charge in [0.05, 0.1) is 0 Å². The first-order chi connectivity index (χ1) is 9.81. The predicted molar refractivity (Wildman–Crippen MR) is 81.3 cm³/mol. The van der Waals surface area contributed by atoms with Gasteiger partial charge in [-0.15, -0.1) is 11.8 Å². The first kappa shape index (κ1) is 12.4. The van der Waals surface area contributed by atoms with Gasteiger partial charge in [-0.25, -0.2) is 0 Å². The van der Waals surface area contributed by atoms with Crippen molar-refractivity contribution in [3.63, 3.8) is 0 Å². The summed E-state index contributed by atoms with van der Waals surface area (Å²) >= 11 is 0. The molecule has 20 heavy (non-hydrogen) atoms. The Hall–Kier alpha value is -2.64. The minimum Gasteiger partial charge on any atom is -0.488 e. The molecule has 1 heterocycles. The summed E-state index contributed by atoms with van der Waals surface area (Å²) in [5, 5.41) is 0. The third-order valence-electron chi connectivity index (χ3n) is 3.30. The van der Waals surface area contributed by atoms with E-state index in [0.29, 0.717) is 6.61 Å². The van der Waals surface area contributed by atoms with Crippen LogP contribution < -0.4 is 4.74 Å². The van der Waals surface area contributed by atoms with Crippen molar-refractivity contribution in [3.8, 4) is 40.6 Å². The van der Waals surface area contributed by atoms with Gasteiger partial charge in [0.15, 0.2) is 0 Å². The van der Waals surface area contributed by atoms with Crippen LogP contribution in [0.25, 0.3) is 11.1 Å². The van der Waals surface area contributed by atoms with Crippen molar-refractivity contribution in [2.75, 3.05) is 0 Å². The number of hydrogen-bond acceptors (Lipinski definition) is 1. The summed E-state index contributed by atoms with van der Waals surface area (Å²) in [6.45, 7) is 4.28. The van der Waals surface area contributed by atoms with Crippen molar-refractivity contribution in [2.24, 2.45) is 0 Å². The molecule has 96 valence electrons. The van der Waals surface area contributed by atoms with Gasteiger partial charge in [0.2, 0.25) is 0 Å². The van der Waals surface area contributed by atoms with Gasteiger partial charge in [0.25, 0.3) is 0 Å². The fourth-order valence-electron chi connectivity index (χ4n) is 2.44. The van der Waals surface area contributed by atoms with Gasteiger partial charge in [-0.3, -0.25) is 0 Å². The topological polar surface area (TPSA) is 9.23 Å². The van der Waals surface area contributed by atoms with Gasteiger partial charge >= 0.3 is 0 Å². The first-order valence-electron chi connectivity index (χ1n) is 6.57. The minimum atomic E-state index is 0.588. The minimum absolute atomic E-state index is 0.588. The summed E-state index contributed by atoms with van der Waals surface area (Å²) in [5.74, 6) is 12.9. The predicted octanol–water partition coefficient (Wildman–Crippen LogP) is 3.99. The van der Waals surface area contributed by atoms with Gasteiger partial charge in [-0.1, -0.05) is 17.9 Å². The van der Waals surface area contributed by atoms with Crippen molar-refractivity contribution in [2.45, 2.75) is 20.5 Å². The summed E-state index contributed by atoms with van der Waals surface area (Å²) < 4.78 is 5.85. The molecule has 0 unspecified atom stereocenters. The lowest BCUT2D eigenvalue weighted by molar-refractivity contribution is 0.302. The number of rotatable bonds is 0. The highest BCUT2D eigenvalue weighted by Crippen LogP contribution is 2.38. The monoisotopic (exact) mass is 258 g/mol. The smallest absolute Gasteiger partial charge is 0.128 e. The van der Waals surface area contributed by atoms with E-state index < -0.39 is 0 Å². The molecule has 2 aromatic rings. The van der Waals surface area contributed by atoms with E-state index in [1.54, 1.807) is 0 Å². The lowest BCUT2D eigenvalue weighted by Gasteiger charge is -2.21. The molecule has 3 rings (SSSR count). The van der Waals surface area contributed by atoms with Crippen LogP contribution in [0.2, 0.25) is 0 Å². The Morgan fingerprint density at radius 3 is 2.20 bits per heavy atom.